The Labute approximate surface area is 91.2 Å². The molecule has 0 bridgehead atoms. The lowest BCUT2D eigenvalue weighted by Crippen LogP contribution is -2.35. The van der Waals surface area contributed by atoms with E-state index < -0.39 is 0 Å². The molecule has 0 spiro atoms. The quantitative estimate of drug-likeness (QED) is 0.863. The highest BCUT2D eigenvalue weighted by Crippen LogP contribution is 2.10. The molecule has 1 aromatic heterocycles. The Balaban J connectivity index is 2.50. The van der Waals surface area contributed by atoms with Crippen molar-refractivity contribution in [3.05, 3.63) is 22.4 Å². The number of aromatic nitrogens is 1. The monoisotopic (exact) mass is 260 g/mol. The van der Waals surface area contributed by atoms with Gasteiger partial charge in [-0.1, -0.05) is 0 Å². The lowest BCUT2D eigenvalue weighted by molar-refractivity contribution is 0.0901. The number of rotatable bonds is 4. The molecule has 0 saturated heterocycles. The average Bonchev–Trinajstić information content (AvgIpc) is 2.52. The fourth-order valence-corrected chi connectivity index (χ4v) is 1.44. The van der Waals surface area contributed by atoms with Crippen molar-refractivity contribution in [3.8, 4) is 0 Å². The van der Waals surface area contributed by atoms with E-state index in [0.717, 1.165) is 4.47 Å². The minimum atomic E-state index is -0.125. The molecule has 1 aromatic rings. The summed E-state index contributed by atoms with van der Waals surface area (Å²) < 4.78 is 5.77. The number of carbonyl (C=O) groups is 1. The van der Waals surface area contributed by atoms with Crippen LogP contribution in [0.3, 0.4) is 0 Å². The Hall–Kier alpha value is -0.810. The summed E-state index contributed by atoms with van der Waals surface area (Å²) in [5.41, 5.74) is 0.542. The smallest absolute Gasteiger partial charge is 0.268 e. The number of amides is 1. The van der Waals surface area contributed by atoms with Crippen molar-refractivity contribution in [3.63, 3.8) is 0 Å². The molecule has 0 aliphatic carbocycles. The third-order valence-electron chi connectivity index (χ3n) is 1.69. The van der Waals surface area contributed by atoms with Gasteiger partial charge in [0.15, 0.2) is 0 Å². The van der Waals surface area contributed by atoms with E-state index in [-0.39, 0.29) is 11.9 Å². The molecule has 1 heterocycles. The van der Waals surface area contributed by atoms with Gasteiger partial charge >= 0.3 is 0 Å². The number of carbonyl (C=O) groups excluding carboxylic acids is 1. The molecule has 1 rings (SSSR count). The van der Waals surface area contributed by atoms with Crippen molar-refractivity contribution in [2.75, 3.05) is 13.7 Å². The van der Waals surface area contributed by atoms with Crippen LogP contribution in [0.25, 0.3) is 0 Å². The normalized spacial score (nSPS) is 12.5. The predicted octanol–water partition coefficient (Wildman–Crippen LogP) is 1.54. The van der Waals surface area contributed by atoms with E-state index in [1.54, 1.807) is 19.4 Å². The van der Waals surface area contributed by atoms with Crippen molar-refractivity contribution in [2.45, 2.75) is 13.0 Å². The highest BCUT2D eigenvalue weighted by Gasteiger charge is 2.10. The van der Waals surface area contributed by atoms with Gasteiger partial charge in [0.2, 0.25) is 0 Å². The summed E-state index contributed by atoms with van der Waals surface area (Å²) in [6, 6.07) is 1.74. The number of aromatic amines is 1. The molecule has 0 radical (unpaired) electrons. The van der Waals surface area contributed by atoms with E-state index in [1.807, 2.05) is 6.92 Å². The number of H-pyrrole nitrogens is 1. The highest BCUT2D eigenvalue weighted by molar-refractivity contribution is 9.10. The molecular weight excluding hydrogens is 248 g/mol. The first kappa shape index (κ1) is 11.3. The summed E-state index contributed by atoms with van der Waals surface area (Å²) in [5.74, 6) is -0.125. The molecule has 0 fully saturated rings. The van der Waals surface area contributed by atoms with E-state index in [0.29, 0.717) is 12.3 Å². The summed E-state index contributed by atoms with van der Waals surface area (Å²) in [6.07, 6.45) is 1.72. The Morgan fingerprint density at radius 3 is 3.00 bits per heavy atom. The second kappa shape index (κ2) is 5.17. The average molecular weight is 261 g/mol. The van der Waals surface area contributed by atoms with Crippen LogP contribution in [0.2, 0.25) is 0 Å². The van der Waals surface area contributed by atoms with Crippen LogP contribution < -0.4 is 5.32 Å². The maximum atomic E-state index is 11.5. The Bertz CT molecular complexity index is 312. The summed E-state index contributed by atoms with van der Waals surface area (Å²) in [7, 11) is 1.61. The first-order chi connectivity index (χ1) is 6.63. The first-order valence-electron chi connectivity index (χ1n) is 4.27. The molecule has 14 heavy (non-hydrogen) atoms. The van der Waals surface area contributed by atoms with E-state index in [2.05, 4.69) is 26.2 Å². The number of hydrogen-bond donors (Lipinski definition) is 2. The third kappa shape index (κ3) is 3.16. The van der Waals surface area contributed by atoms with E-state index in [4.69, 9.17) is 4.74 Å². The minimum absolute atomic E-state index is 0.00887. The van der Waals surface area contributed by atoms with Gasteiger partial charge in [-0.2, -0.15) is 0 Å². The fourth-order valence-electron chi connectivity index (χ4n) is 1.09. The zero-order chi connectivity index (χ0) is 10.6. The largest absolute Gasteiger partial charge is 0.383 e. The third-order valence-corrected chi connectivity index (χ3v) is 2.14. The van der Waals surface area contributed by atoms with Crippen LogP contribution in [0.4, 0.5) is 0 Å². The first-order valence-corrected chi connectivity index (χ1v) is 5.06. The second-order valence-electron chi connectivity index (χ2n) is 3.06. The van der Waals surface area contributed by atoms with Gasteiger partial charge in [0.1, 0.15) is 5.69 Å². The molecule has 0 aliphatic rings. The highest BCUT2D eigenvalue weighted by atomic mass is 79.9. The molecule has 4 nitrogen and oxygen atoms in total. The molecule has 5 heteroatoms. The Kier molecular flexibility index (Phi) is 4.16. The number of hydrogen-bond acceptors (Lipinski definition) is 2. The number of nitrogens with one attached hydrogen (secondary N) is 2. The van der Waals surface area contributed by atoms with Gasteiger partial charge in [0, 0.05) is 23.8 Å². The van der Waals surface area contributed by atoms with E-state index in [9.17, 15) is 4.79 Å². The zero-order valence-electron chi connectivity index (χ0n) is 8.13. The number of methoxy groups -OCH3 is 1. The second-order valence-corrected chi connectivity index (χ2v) is 3.98. The molecule has 0 unspecified atom stereocenters. The fraction of sp³-hybridized carbons (Fsp3) is 0.444. The van der Waals surface area contributed by atoms with Crippen LogP contribution in [-0.4, -0.2) is 30.6 Å². The van der Waals surface area contributed by atoms with Crippen LogP contribution in [0.1, 0.15) is 17.4 Å². The summed E-state index contributed by atoms with van der Waals surface area (Å²) in [5, 5.41) is 2.79. The topological polar surface area (TPSA) is 54.1 Å². The maximum Gasteiger partial charge on any atom is 0.268 e. The van der Waals surface area contributed by atoms with Crippen molar-refractivity contribution < 1.29 is 9.53 Å². The van der Waals surface area contributed by atoms with Crippen LogP contribution in [-0.2, 0) is 4.74 Å². The molecule has 1 amide bonds. The van der Waals surface area contributed by atoms with Gasteiger partial charge in [-0.3, -0.25) is 4.79 Å². The lowest BCUT2D eigenvalue weighted by Gasteiger charge is -2.11. The van der Waals surface area contributed by atoms with Crippen LogP contribution in [0.15, 0.2) is 16.7 Å². The number of halogens is 1. The molecule has 2 N–H and O–H groups in total. The molecule has 0 aromatic carbocycles. The summed E-state index contributed by atoms with van der Waals surface area (Å²) in [4.78, 5) is 14.4. The van der Waals surface area contributed by atoms with Crippen molar-refractivity contribution in [1.82, 2.24) is 10.3 Å². The molecule has 1 atom stereocenters. The SMILES string of the molecule is COC[C@H](C)NC(=O)c1cc(Br)c[nH]1. The van der Waals surface area contributed by atoms with Gasteiger partial charge in [0.05, 0.1) is 6.61 Å². The van der Waals surface area contributed by atoms with Gasteiger partial charge in [0.25, 0.3) is 5.91 Å². The van der Waals surface area contributed by atoms with Crippen molar-refractivity contribution >= 4 is 21.8 Å². The van der Waals surface area contributed by atoms with Crippen LogP contribution in [0.5, 0.6) is 0 Å². The molecule has 78 valence electrons. The Morgan fingerprint density at radius 1 is 1.79 bits per heavy atom. The summed E-state index contributed by atoms with van der Waals surface area (Å²) >= 11 is 3.26. The van der Waals surface area contributed by atoms with Crippen molar-refractivity contribution in [1.29, 1.82) is 0 Å². The van der Waals surface area contributed by atoms with E-state index in [1.165, 1.54) is 0 Å². The Morgan fingerprint density at radius 2 is 2.50 bits per heavy atom. The lowest BCUT2D eigenvalue weighted by atomic mass is 10.3. The van der Waals surface area contributed by atoms with Crippen LogP contribution in [0, 0.1) is 0 Å². The van der Waals surface area contributed by atoms with Gasteiger partial charge in [-0.05, 0) is 28.9 Å². The molecular formula is C9H13BrN2O2. The number of ether oxygens (including phenoxy) is 1. The van der Waals surface area contributed by atoms with Gasteiger partial charge < -0.3 is 15.0 Å². The zero-order valence-corrected chi connectivity index (χ0v) is 9.72. The van der Waals surface area contributed by atoms with Crippen LogP contribution >= 0.6 is 15.9 Å². The minimum Gasteiger partial charge on any atom is -0.383 e. The van der Waals surface area contributed by atoms with Crippen molar-refractivity contribution in [2.24, 2.45) is 0 Å². The molecule has 0 aliphatic heterocycles. The molecule has 0 saturated carbocycles. The maximum absolute atomic E-state index is 11.5. The predicted molar refractivity (Wildman–Crippen MR) is 57.3 cm³/mol. The van der Waals surface area contributed by atoms with E-state index >= 15 is 0 Å². The summed E-state index contributed by atoms with van der Waals surface area (Å²) in [6.45, 7) is 2.40. The van der Waals surface area contributed by atoms with Gasteiger partial charge in [-0.25, -0.2) is 0 Å². The van der Waals surface area contributed by atoms with Gasteiger partial charge in [-0.15, -0.1) is 0 Å². The standard InChI is InChI=1S/C9H13BrN2O2/c1-6(5-14-2)12-9(13)8-3-7(10)4-11-8/h3-4,6,11H,5H2,1-2H3,(H,12,13)/t6-/m0/s1.